The minimum atomic E-state index is -3.68. The van der Waals surface area contributed by atoms with Gasteiger partial charge in [-0.1, -0.05) is 43.9 Å². The second kappa shape index (κ2) is 7.40. The Bertz CT molecular complexity index is 613. The third-order valence-corrected chi connectivity index (χ3v) is 5.68. The number of aliphatic hydroxyl groups excluding tert-OH is 1. The highest BCUT2D eigenvalue weighted by molar-refractivity contribution is 7.95. The van der Waals surface area contributed by atoms with E-state index in [-0.39, 0.29) is 15.9 Å². The summed E-state index contributed by atoms with van der Waals surface area (Å²) in [6.45, 7) is 4.50. The molecule has 4 nitrogen and oxygen atoms in total. The molecule has 1 aliphatic heterocycles. The zero-order valence-corrected chi connectivity index (χ0v) is 14.0. The van der Waals surface area contributed by atoms with Gasteiger partial charge >= 0.3 is 0 Å². The SMILES string of the molecule is CCCCC[C@@H](O)/C(=C\C1CO1)S(=O)(=O)c1ccc(C)cc1. The van der Waals surface area contributed by atoms with Crippen LogP contribution in [0.1, 0.15) is 38.2 Å². The van der Waals surface area contributed by atoms with Gasteiger partial charge in [-0.25, -0.2) is 8.42 Å². The standard InChI is InChI=1S/C17H24O4S/c1-3-4-5-6-16(18)17(11-14-12-21-14)22(19,20)15-9-7-13(2)8-10-15/h7-11,14,16,18H,3-6,12H2,1-2H3/b17-11+/t14?,16-/m1/s1. The maximum absolute atomic E-state index is 12.8. The van der Waals surface area contributed by atoms with Gasteiger partial charge in [-0.15, -0.1) is 0 Å². The third kappa shape index (κ3) is 4.41. The summed E-state index contributed by atoms with van der Waals surface area (Å²) in [5, 5.41) is 10.4. The van der Waals surface area contributed by atoms with Crippen LogP contribution in [0.4, 0.5) is 0 Å². The highest BCUT2D eigenvalue weighted by Crippen LogP contribution is 2.27. The highest BCUT2D eigenvalue weighted by Gasteiger charge is 2.31. The Hall–Kier alpha value is -1.17. The average Bonchev–Trinajstić information content (AvgIpc) is 3.29. The quantitative estimate of drug-likeness (QED) is 0.590. The number of hydrogen-bond donors (Lipinski definition) is 1. The average molecular weight is 324 g/mol. The number of aryl methyl sites for hydroxylation is 1. The van der Waals surface area contributed by atoms with Gasteiger partial charge in [-0.3, -0.25) is 0 Å². The second-order valence-corrected chi connectivity index (χ2v) is 7.72. The molecule has 0 bridgehead atoms. The van der Waals surface area contributed by atoms with Crippen LogP contribution in [0.2, 0.25) is 0 Å². The van der Waals surface area contributed by atoms with Gasteiger partial charge in [0, 0.05) is 0 Å². The molecule has 2 rings (SSSR count). The van der Waals surface area contributed by atoms with Crippen molar-refractivity contribution >= 4 is 9.84 Å². The number of aliphatic hydroxyl groups is 1. The number of sulfone groups is 1. The molecule has 1 aliphatic rings. The number of benzene rings is 1. The van der Waals surface area contributed by atoms with Gasteiger partial charge in [0.25, 0.3) is 0 Å². The van der Waals surface area contributed by atoms with Crippen LogP contribution < -0.4 is 0 Å². The van der Waals surface area contributed by atoms with Gasteiger partial charge in [-0.05, 0) is 31.6 Å². The number of hydrogen-bond acceptors (Lipinski definition) is 4. The van der Waals surface area contributed by atoms with Crippen molar-refractivity contribution in [3.8, 4) is 0 Å². The van der Waals surface area contributed by atoms with Crippen LogP contribution in [0.15, 0.2) is 40.1 Å². The normalized spacial score (nSPS) is 20.0. The van der Waals surface area contributed by atoms with Crippen LogP contribution in [0.25, 0.3) is 0 Å². The van der Waals surface area contributed by atoms with Crippen molar-refractivity contribution in [2.75, 3.05) is 6.61 Å². The number of rotatable bonds is 8. The van der Waals surface area contributed by atoms with Gasteiger partial charge < -0.3 is 9.84 Å². The summed E-state index contributed by atoms with van der Waals surface area (Å²) >= 11 is 0. The molecule has 1 unspecified atom stereocenters. The molecule has 122 valence electrons. The first-order chi connectivity index (χ1) is 10.4. The molecule has 1 heterocycles. The predicted molar refractivity (Wildman–Crippen MR) is 86.3 cm³/mol. The van der Waals surface area contributed by atoms with Gasteiger partial charge in [-0.2, -0.15) is 0 Å². The van der Waals surface area contributed by atoms with Gasteiger partial charge in [0.15, 0.2) is 0 Å². The molecule has 2 atom stereocenters. The Morgan fingerprint density at radius 1 is 1.36 bits per heavy atom. The van der Waals surface area contributed by atoms with Gasteiger partial charge in [0.05, 0.1) is 22.5 Å². The monoisotopic (exact) mass is 324 g/mol. The molecule has 5 heteroatoms. The summed E-state index contributed by atoms with van der Waals surface area (Å²) in [5.74, 6) is 0. The lowest BCUT2D eigenvalue weighted by Gasteiger charge is -2.16. The molecule has 1 fully saturated rings. The minimum absolute atomic E-state index is 0.0787. The molecule has 1 aromatic rings. The van der Waals surface area contributed by atoms with E-state index in [1.54, 1.807) is 30.3 Å². The lowest BCUT2D eigenvalue weighted by atomic mass is 10.1. The second-order valence-electron chi connectivity index (χ2n) is 5.77. The van der Waals surface area contributed by atoms with E-state index in [4.69, 9.17) is 4.74 Å². The third-order valence-electron chi connectivity index (χ3n) is 3.76. The fourth-order valence-electron chi connectivity index (χ4n) is 2.30. The Morgan fingerprint density at radius 2 is 2.00 bits per heavy atom. The van der Waals surface area contributed by atoms with Crippen LogP contribution in [0, 0.1) is 6.92 Å². The van der Waals surface area contributed by atoms with Crippen molar-refractivity contribution in [3.63, 3.8) is 0 Å². The number of unbranched alkanes of at least 4 members (excludes halogenated alkanes) is 2. The summed E-state index contributed by atoms with van der Waals surface area (Å²) in [4.78, 5) is 0.300. The van der Waals surface area contributed by atoms with Gasteiger partial charge in [0.1, 0.15) is 6.10 Å². The largest absolute Gasteiger partial charge is 0.388 e. The first-order valence-corrected chi connectivity index (χ1v) is 9.26. The zero-order chi connectivity index (χ0) is 16.2. The molecule has 22 heavy (non-hydrogen) atoms. The predicted octanol–water partition coefficient (Wildman–Crippen LogP) is 2.99. The Labute approximate surface area is 132 Å². The van der Waals surface area contributed by atoms with E-state index in [1.807, 2.05) is 6.92 Å². The minimum Gasteiger partial charge on any atom is -0.388 e. The highest BCUT2D eigenvalue weighted by atomic mass is 32.2. The van der Waals surface area contributed by atoms with E-state index >= 15 is 0 Å². The molecular weight excluding hydrogens is 300 g/mol. The Morgan fingerprint density at radius 3 is 2.55 bits per heavy atom. The summed E-state index contributed by atoms with van der Waals surface area (Å²) in [5.41, 5.74) is 0.999. The summed E-state index contributed by atoms with van der Waals surface area (Å²) in [6.07, 6.45) is 3.68. The van der Waals surface area contributed by atoms with E-state index in [1.165, 1.54) is 0 Å². The molecule has 0 saturated carbocycles. The van der Waals surface area contributed by atoms with Crippen molar-refractivity contribution in [1.82, 2.24) is 0 Å². The molecule has 0 spiro atoms. The van der Waals surface area contributed by atoms with Crippen LogP contribution in [-0.4, -0.2) is 32.3 Å². The number of ether oxygens (including phenoxy) is 1. The van der Waals surface area contributed by atoms with Crippen molar-refractivity contribution in [3.05, 3.63) is 40.8 Å². The van der Waals surface area contributed by atoms with Gasteiger partial charge in [0.2, 0.25) is 9.84 Å². The van der Waals surface area contributed by atoms with Crippen LogP contribution in [0.5, 0.6) is 0 Å². The van der Waals surface area contributed by atoms with Crippen molar-refractivity contribution < 1.29 is 18.3 Å². The molecular formula is C17H24O4S. The van der Waals surface area contributed by atoms with E-state index < -0.39 is 15.9 Å². The van der Waals surface area contributed by atoms with E-state index in [2.05, 4.69) is 6.92 Å². The molecule has 1 aromatic carbocycles. The molecule has 0 radical (unpaired) electrons. The first kappa shape index (κ1) is 17.2. The fourth-order valence-corrected chi connectivity index (χ4v) is 3.87. The summed E-state index contributed by atoms with van der Waals surface area (Å²) < 4.78 is 30.7. The molecule has 0 amide bonds. The molecule has 0 aliphatic carbocycles. The molecule has 0 aromatic heterocycles. The maximum Gasteiger partial charge on any atom is 0.205 e. The Balaban J connectivity index is 2.26. The van der Waals surface area contributed by atoms with E-state index in [0.29, 0.717) is 13.0 Å². The maximum atomic E-state index is 12.8. The van der Waals surface area contributed by atoms with Crippen molar-refractivity contribution in [2.45, 2.75) is 56.6 Å². The number of epoxide rings is 1. The van der Waals surface area contributed by atoms with E-state index in [0.717, 1.165) is 24.8 Å². The van der Waals surface area contributed by atoms with Crippen molar-refractivity contribution in [2.24, 2.45) is 0 Å². The summed E-state index contributed by atoms with van der Waals surface area (Å²) in [6, 6.07) is 6.71. The summed E-state index contributed by atoms with van der Waals surface area (Å²) in [7, 11) is -3.68. The van der Waals surface area contributed by atoms with Crippen LogP contribution in [-0.2, 0) is 14.6 Å². The lowest BCUT2D eigenvalue weighted by molar-refractivity contribution is 0.202. The smallest absolute Gasteiger partial charge is 0.205 e. The van der Waals surface area contributed by atoms with Crippen molar-refractivity contribution in [1.29, 1.82) is 0 Å². The van der Waals surface area contributed by atoms with E-state index in [9.17, 15) is 13.5 Å². The van der Waals surface area contributed by atoms with Crippen LogP contribution in [0.3, 0.4) is 0 Å². The fraction of sp³-hybridized carbons (Fsp3) is 0.529. The molecule has 1 saturated heterocycles. The molecule has 1 N–H and O–H groups in total. The van der Waals surface area contributed by atoms with Crippen LogP contribution >= 0.6 is 0 Å². The first-order valence-electron chi connectivity index (χ1n) is 7.78. The Kier molecular flexibility index (Phi) is 5.78. The lowest BCUT2D eigenvalue weighted by Crippen LogP contribution is -2.19. The zero-order valence-electron chi connectivity index (χ0n) is 13.2. The topological polar surface area (TPSA) is 66.9 Å².